The number of rotatable bonds is 6. The third-order valence-corrected chi connectivity index (χ3v) is 4.90. The number of amides is 1. The Labute approximate surface area is 170 Å². The maximum atomic E-state index is 13.3. The zero-order valence-electron chi connectivity index (χ0n) is 16.4. The van der Waals surface area contributed by atoms with Gasteiger partial charge in [-0.05, 0) is 35.7 Å². The Kier molecular flexibility index (Phi) is 5.52. The van der Waals surface area contributed by atoms with Gasteiger partial charge in [-0.1, -0.05) is 66.7 Å². The second-order valence-electron chi connectivity index (χ2n) is 7.02. The fourth-order valence-corrected chi connectivity index (χ4v) is 3.57. The average molecular weight is 381 g/mol. The second-order valence-corrected chi connectivity index (χ2v) is 7.02. The van der Waals surface area contributed by atoms with Crippen LogP contribution in [0, 0.1) is 6.92 Å². The summed E-state index contributed by atoms with van der Waals surface area (Å²) in [6, 6.07) is 26.0. The van der Waals surface area contributed by atoms with Crippen molar-refractivity contribution in [3.05, 3.63) is 114 Å². The molecular weight excluding hydrogens is 358 g/mol. The number of nitrogens with zero attached hydrogens (tertiary/aromatic N) is 2. The normalized spacial score (nSPS) is 10.7. The predicted molar refractivity (Wildman–Crippen MR) is 116 cm³/mol. The standard InChI is InChI=1S/C25H23N3O/c1-19-17-28(18-20-10-4-2-5-11-20)24(23(19)21-12-6-3-7-13-21)25(29)27-16-22-14-8-9-15-26-22/h2-15,17H,16,18H2,1H3,(H,27,29). The van der Waals surface area contributed by atoms with E-state index in [4.69, 9.17) is 0 Å². The Balaban J connectivity index is 1.71. The third-order valence-electron chi connectivity index (χ3n) is 4.90. The van der Waals surface area contributed by atoms with E-state index in [1.54, 1.807) is 6.20 Å². The van der Waals surface area contributed by atoms with Crippen molar-refractivity contribution in [3.63, 3.8) is 0 Å². The summed E-state index contributed by atoms with van der Waals surface area (Å²) in [6.07, 6.45) is 3.80. The first-order chi connectivity index (χ1) is 14.2. The molecule has 0 fully saturated rings. The fourth-order valence-electron chi connectivity index (χ4n) is 3.57. The molecule has 1 amide bonds. The second kappa shape index (κ2) is 8.57. The van der Waals surface area contributed by atoms with E-state index in [1.165, 1.54) is 0 Å². The molecule has 0 unspecified atom stereocenters. The minimum absolute atomic E-state index is 0.0986. The molecule has 0 atom stereocenters. The topological polar surface area (TPSA) is 46.9 Å². The van der Waals surface area contributed by atoms with E-state index < -0.39 is 0 Å². The van der Waals surface area contributed by atoms with Crippen LogP contribution in [0.5, 0.6) is 0 Å². The molecule has 4 aromatic rings. The largest absolute Gasteiger partial charge is 0.345 e. The van der Waals surface area contributed by atoms with Crippen molar-refractivity contribution >= 4 is 5.91 Å². The summed E-state index contributed by atoms with van der Waals surface area (Å²) in [5.41, 5.74) is 5.75. The molecule has 2 aromatic carbocycles. The lowest BCUT2D eigenvalue weighted by Crippen LogP contribution is -2.26. The monoisotopic (exact) mass is 381 g/mol. The summed E-state index contributed by atoms with van der Waals surface area (Å²) in [4.78, 5) is 17.6. The number of aromatic nitrogens is 2. The molecule has 0 saturated carbocycles. The third kappa shape index (κ3) is 4.27. The molecule has 1 N–H and O–H groups in total. The van der Waals surface area contributed by atoms with Gasteiger partial charge in [0, 0.05) is 24.5 Å². The van der Waals surface area contributed by atoms with Gasteiger partial charge in [0.15, 0.2) is 0 Å². The van der Waals surface area contributed by atoms with Crippen molar-refractivity contribution in [1.82, 2.24) is 14.9 Å². The van der Waals surface area contributed by atoms with Crippen LogP contribution in [0.4, 0.5) is 0 Å². The molecule has 0 aliphatic carbocycles. The number of hydrogen-bond donors (Lipinski definition) is 1. The number of pyridine rings is 1. The van der Waals surface area contributed by atoms with Crippen molar-refractivity contribution in [2.24, 2.45) is 0 Å². The molecule has 4 nitrogen and oxygen atoms in total. The Morgan fingerprint density at radius 1 is 0.931 bits per heavy atom. The lowest BCUT2D eigenvalue weighted by Gasteiger charge is -2.13. The molecule has 4 heteroatoms. The van der Waals surface area contributed by atoms with Gasteiger partial charge >= 0.3 is 0 Å². The summed E-state index contributed by atoms with van der Waals surface area (Å²) in [5, 5.41) is 3.04. The van der Waals surface area contributed by atoms with E-state index in [-0.39, 0.29) is 5.91 Å². The highest BCUT2D eigenvalue weighted by Gasteiger charge is 2.21. The van der Waals surface area contributed by atoms with E-state index in [2.05, 4.69) is 35.6 Å². The zero-order valence-corrected chi connectivity index (χ0v) is 16.4. The molecule has 29 heavy (non-hydrogen) atoms. The average Bonchev–Trinajstić information content (AvgIpc) is 3.09. The number of benzene rings is 2. The van der Waals surface area contributed by atoms with E-state index in [1.807, 2.05) is 71.3 Å². The van der Waals surface area contributed by atoms with Crippen LogP contribution >= 0.6 is 0 Å². The molecule has 0 radical (unpaired) electrons. The van der Waals surface area contributed by atoms with Gasteiger partial charge in [0.25, 0.3) is 5.91 Å². The van der Waals surface area contributed by atoms with Crippen LogP contribution in [0.1, 0.15) is 27.3 Å². The molecule has 0 saturated heterocycles. The highest BCUT2D eigenvalue weighted by molar-refractivity contribution is 6.00. The van der Waals surface area contributed by atoms with E-state index >= 15 is 0 Å². The van der Waals surface area contributed by atoms with Crippen LogP contribution in [0.2, 0.25) is 0 Å². The van der Waals surface area contributed by atoms with Gasteiger partial charge in [-0.2, -0.15) is 0 Å². The summed E-state index contributed by atoms with van der Waals surface area (Å²) >= 11 is 0. The Morgan fingerprint density at radius 2 is 1.62 bits per heavy atom. The van der Waals surface area contributed by atoms with Gasteiger partial charge in [0.05, 0.1) is 12.2 Å². The first-order valence-electron chi connectivity index (χ1n) is 9.69. The van der Waals surface area contributed by atoms with Crippen molar-refractivity contribution in [2.45, 2.75) is 20.0 Å². The number of hydrogen-bond acceptors (Lipinski definition) is 2. The van der Waals surface area contributed by atoms with Crippen LogP contribution in [0.25, 0.3) is 11.1 Å². The summed E-state index contributed by atoms with van der Waals surface area (Å²) in [7, 11) is 0. The number of nitrogens with one attached hydrogen (secondary N) is 1. The fraction of sp³-hybridized carbons (Fsp3) is 0.120. The van der Waals surface area contributed by atoms with Gasteiger partial charge < -0.3 is 9.88 Å². The lowest BCUT2D eigenvalue weighted by atomic mass is 10.0. The number of carbonyl (C=O) groups is 1. The SMILES string of the molecule is Cc1cn(Cc2ccccc2)c(C(=O)NCc2ccccn2)c1-c1ccccc1. The Hall–Kier alpha value is -3.66. The maximum Gasteiger partial charge on any atom is 0.268 e. The molecule has 144 valence electrons. The van der Waals surface area contributed by atoms with Crippen molar-refractivity contribution in [2.75, 3.05) is 0 Å². The van der Waals surface area contributed by atoms with Gasteiger partial charge in [-0.15, -0.1) is 0 Å². The highest BCUT2D eigenvalue weighted by atomic mass is 16.1. The summed E-state index contributed by atoms with van der Waals surface area (Å²) in [6.45, 7) is 3.09. The molecule has 0 spiro atoms. The smallest absolute Gasteiger partial charge is 0.268 e. The first-order valence-corrected chi connectivity index (χ1v) is 9.69. The Bertz CT molecular complexity index is 1090. The molecule has 0 aliphatic heterocycles. The molecule has 0 bridgehead atoms. The minimum atomic E-state index is -0.0986. The van der Waals surface area contributed by atoms with Gasteiger partial charge in [-0.3, -0.25) is 9.78 Å². The zero-order chi connectivity index (χ0) is 20.1. The molecular formula is C25H23N3O. The van der Waals surface area contributed by atoms with Gasteiger partial charge in [0.1, 0.15) is 5.69 Å². The number of carbonyl (C=O) groups excluding carboxylic acids is 1. The van der Waals surface area contributed by atoms with Crippen LogP contribution in [-0.2, 0) is 13.1 Å². The van der Waals surface area contributed by atoms with Crippen LogP contribution in [-0.4, -0.2) is 15.5 Å². The van der Waals surface area contributed by atoms with Crippen LogP contribution in [0.3, 0.4) is 0 Å². The molecule has 4 rings (SSSR count). The van der Waals surface area contributed by atoms with Crippen molar-refractivity contribution in [1.29, 1.82) is 0 Å². The van der Waals surface area contributed by atoms with Gasteiger partial charge in [-0.25, -0.2) is 0 Å². The van der Waals surface area contributed by atoms with Crippen molar-refractivity contribution in [3.8, 4) is 11.1 Å². The first kappa shape index (κ1) is 18.7. The van der Waals surface area contributed by atoms with Crippen LogP contribution < -0.4 is 5.32 Å². The summed E-state index contributed by atoms with van der Waals surface area (Å²) < 4.78 is 2.04. The maximum absolute atomic E-state index is 13.3. The minimum Gasteiger partial charge on any atom is -0.345 e. The number of aryl methyl sites for hydroxylation is 1. The van der Waals surface area contributed by atoms with E-state index in [9.17, 15) is 4.79 Å². The quantitative estimate of drug-likeness (QED) is 0.520. The molecule has 0 aliphatic rings. The van der Waals surface area contributed by atoms with Crippen LogP contribution in [0.15, 0.2) is 91.3 Å². The van der Waals surface area contributed by atoms with Gasteiger partial charge in [0.2, 0.25) is 0 Å². The lowest BCUT2D eigenvalue weighted by molar-refractivity contribution is 0.0942. The predicted octanol–water partition coefficient (Wildman–Crippen LogP) is 4.84. The van der Waals surface area contributed by atoms with E-state index in [0.717, 1.165) is 27.9 Å². The Morgan fingerprint density at radius 3 is 2.31 bits per heavy atom. The van der Waals surface area contributed by atoms with E-state index in [0.29, 0.717) is 18.8 Å². The molecule has 2 heterocycles. The van der Waals surface area contributed by atoms with Crippen molar-refractivity contribution < 1.29 is 4.79 Å². The highest BCUT2D eigenvalue weighted by Crippen LogP contribution is 2.30. The molecule has 2 aromatic heterocycles. The summed E-state index contributed by atoms with van der Waals surface area (Å²) in [5.74, 6) is -0.0986.